The van der Waals surface area contributed by atoms with Crippen LogP contribution in [0.15, 0.2) is 52.0 Å². The summed E-state index contributed by atoms with van der Waals surface area (Å²) >= 11 is 9.33. The summed E-state index contributed by atoms with van der Waals surface area (Å²) in [4.78, 5) is 12.2. The Balaban J connectivity index is 2.15. The molecule has 0 saturated heterocycles. The normalized spacial score (nSPS) is 11.5. The minimum atomic E-state index is -3.68. The second-order valence-corrected chi connectivity index (χ2v) is 8.71. The van der Waals surface area contributed by atoms with Gasteiger partial charge in [0.05, 0.1) is 18.2 Å². The van der Waals surface area contributed by atoms with Crippen LogP contribution in [0.3, 0.4) is 0 Å². The van der Waals surface area contributed by atoms with Gasteiger partial charge >= 0.3 is 0 Å². The fraction of sp³-hybridized carbons (Fsp3) is 0.176. The highest BCUT2D eigenvalue weighted by molar-refractivity contribution is 9.10. The summed E-state index contributed by atoms with van der Waals surface area (Å²) in [5, 5.41) is 4.25. The molecule has 2 rings (SSSR count). The number of sulfonamides is 1. The van der Waals surface area contributed by atoms with Gasteiger partial charge in [-0.1, -0.05) is 51.8 Å². The second kappa shape index (κ2) is 8.66. The number of benzene rings is 2. The van der Waals surface area contributed by atoms with Gasteiger partial charge in [-0.15, -0.1) is 0 Å². The van der Waals surface area contributed by atoms with Gasteiger partial charge in [-0.2, -0.15) is 5.10 Å². The van der Waals surface area contributed by atoms with Crippen LogP contribution in [0, 0.1) is 6.92 Å². The van der Waals surface area contributed by atoms with Crippen molar-refractivity contribution in [1.82, 2.24) is 5.43 Å². The van der Waals surface area contributed by atoms with Gasteiger partial charge in [0.1, 0.15) is 6.54 Å². The van der Waals surface area contributed by atoms with Crippen molar-refractivity contribution in [2.75, 3.05) is 17.1 Å². The van der Waals surface area contributed by atoms with Crippen LogP contribution >= 0.6 is 27.5 Å². The van der Waals surface area contributed by atoms with Crippen molar-refractivity contribution in [3.8, 4) is 0 Å². The summed E-state index contributed by atoms with van der Waals surface area (Å²) in [5.74, 6) is -0.571. The Hall–Kier alpha value is -1.90. The van der Waals surface area contributed by atoms with E-state index in [1.54, 1.807) is 19.1 Å². The van der Waals surface area contributed by atoms with Crippen molar-refractivity contribution in [2.24, 2.45) is 5.10 Å². The van der Waals surface area contributed by atoms with E-state index in [0.717, 1.165) is 20.6 Å². The van der Waals surface area contributed by atoms with Gasteiger partial charge in [0.15, 0.2) is 0 Å². The largest absolute Gasteiger partial charge is 0.271 e. The van der Waals surface area contributed by atoms with E-state index < -0.39 is 22.5 Å². The predicted octanol–water partition coefficient (Wildman–Crippen LogP) is 3.33. The van der Waals surface area contributed by atoms with Gasteiger partial charge in [-0.25, -0.2) is 13.8 Å². The van der Waals surface area contributed by atoms with Gasteiger partial charge in [0.2, 0.25) is 10.0 Å². The van der Waals surface area contributed by atoms with Crippen LogP contribution in [-0.2, 0) is 14.8 Å². The van der Waals surface area contributed by atoms with Crippen molar-refractivity contribution >= 4 is 55.4 Å². The van der Waals surface area contributed by atoms with E-state index in [0.29, 0.717) is 16.3 Å². The van der Waals surface area contributed by atoms with E-state index in [2.05, 4.69) is 26.5 Å². The molecular formula is C17H17BrClN3O3S. The Morgan fingerprint density at radius 1 is 1.31 bits per heavy atom. The molecule has 0 bridgehead atoms. The lowest BCUT2D eigenvalue weighted by atomic mass is 10.2. The molecule has 1 N–H and O–H groups in total. The third-order valence-corrected chi connectivity index (χ3v) is 5.51. The quantitative estimate of drug-likeness (QED) is 0.533. The fourth-order valence-electron chi connectivity index (χ4n) is 2.15. The van der Waals surface area contributed by atoms with Crippen LogP contribution in [0.5, 0.6) is 0 Å². The van der Waals surface area contributed by atoms with Crippen molar-refractivity contribution < 1.29 is 13.2 Å². The highest BCUT2D eigenvalue weighted by Crippen LogP contribution is 2.26. The van der Waals surface area contributed by atoms with E-state index in [9.17, 15) is 13.2 Å². The molecule has 1 amide bonds. The fourth-order valence-corrected chi connectivity index (χ4v) is 3.61. The Bertz CT molecular complexity index is 948. The lowest BCUT2D eigenvalue weighted by Gasteiger charge is -2.23. The number of hydrazone groups is 1. The molecule has 26 heavy (non-hydrogen) atoms. The SMILES string of the molecule is Cc1ccc(Cl)cc1N(CC(=O)N/N=C\c1ccccc1Br)S(C)(=O)=O. The first-order valence-corrected chi connectivity index (χ1v) is 10.5. The minimum absolute atomic E-state index is 0.352. The number of anilines is 1. The standard InChI is InChI=1S/C17H17BrClN3O3S/c1-12-7-8-14(19)9-16(12)22(26(2,24)25)11-17(23)21-20-10-13-5-3-4-6-15(13)18/h3-10H,11H2,1-2H3,(H,21,23)/b20-10-. The van der Waals surface area contributed by atoms with Crippen molar-refractivity contribution in [3.63, 3.8) is 0 Å². The van der Waals surface area contributed by atoms with Crippen molar-refractivity contribution in [3.05, 3.63) is 63.1 Å². The molecule has 0 atom stereocenters. The van der Waals surface area contributed by atoms with E-state index in [1.807, 2.05) is 24.3 Å². The number of nitrogens with one attached hydrogen (secondary N) is 1. The molecule has 0 radical (unpaired) electrons. The molecule has 0 aliphatic rings. The molecule has 138 valence electrons. The molecule has 0 aromatic heterocycles. The molecule has 6 nitrogen and oxygen atoms in total. The number of carbonyl (C=O) groups excluding carboxylic acids is 1. The molecular weight excluding hydrogens is 442 g/mol. The van der Waals surface area contributed by atoms with Gasteiger partial charge in [0.25, 0.3) is 5.91 Å². The number of rotatable bonds is 6. The lowest BCUT2D eigenvalue weighted by Crippen LogP contribution is -2.39. The van der Waals surface area contributed by atoms with Crippen LogP contribution in [0.4, 0.5) is 5.69 Å². The Morgan fingerprint density at radius 2 is 2.00 bits per heavy atom. The van der Waals surface area contributed by atoms with Gasteiger partial charge in [0, 0.05) is 15.1 Å². The molecule has 0 aliphatic heterocycles. The summed E-state index contributed by atoms with van der Waals surface area (Å²) in [6.45, 7) is 1.33. The van der Waals surface area contributed by atoms with E-state index >= 15 is 0 Å². The molecule has 0 aliphatic carbocycles. The summed E-state index contributed by atoms with van der Waals surface area (Å²) in [6.07, 6.45) is 2.50. The summed E-state index contributed by atoms with van der Waals surface area (Å²) in [6, 6.07) is 12.2. The average molecular weight is 459 g/mol. The molecule has 2 aromatic carbocycles. The Morgan fingerprint density at radius 3 is 2.65 bits per heavy atom. The Labute approximate surface area is 166 Å². The molecule has 0 fully saturated rings. The van der Waals surface area contributed by atoms with Crippen LogP contribution < -0.4 is 9.73 Å². The zero-order valence-electron chi connectivity index (χ0n) is 14.1. The van der Waals surface area contributed by atoms with Crippen molar-refractivity contribution in [1.29, 1.82) is 0 Å². The molecule has 0 spiro atoms. The van der Waals surface area contributed by atoms with E-state index in [4.69, 9.17) is 11.6 Å². The third kappa shape index (κ3) is 5.55. The monoisotopic (exact) mass is 457 g/mol. The first kappa shape index (κ1) is 20.4. The van der Waals surface area contributed by atoms with Crippen LogP contribution in [-0.4, -0.2) is 33.3 Å². The first-order valence-electron chi connectivity index (χ1n) is 7.49. The summed E-state index contributed by atoms with van der Waals surface area (Å²) in [7, 11) is -3.68. The number of carbonyl (C=O) groups is 1. The smallest absolute Gasteiger partial charge is 0.260 e. The van der Waals surface area contributed by atoms with Gasteiger partial charge in [-0.05, 0) is 30.7 Å². The number of amides is 1. The van der Waals surface area contributed by atoms with Crippen LogP contribution in [0.25, 0.3) is 0 Å². The number of hydrogen-bond donors (Lipinski definition) is 1. The zero-order valence-corrected chi connectivity index (χ0v) is 17.3. The predicted molar refractivity (Wildman–Crippen MR) is 108 cm³/mol. The molecule has 9 heteroatoms. The van der Waals surface area contributed by atoms with Gasteiger partial charge < -0.3 is 0 Å². The first-order chi connectivity index (χ1) is 12.2. The molecule has 0 unspecified atom stereocenters. The minimum Gasteiger partial charge on any atom is -0.271 e. The maximum Gasteiger partial charge on any atom is 0.260 e. The average Bonchev–Trinajstić information content (AvgIpc) is 2.56. The second-order valence-electron chi connectivity index (χ2n) is 5.52. The number of aryl methyl sites for hydroxylation is 1. The topological polar surface area (TPSA) is 78.8 Å². The number of halogens is 2. The Kier molecular flexibility index (Phi) is 6.80. The van der Waals surface area contributed by atoms with Crippen LogP contribution in [0.1, 0.15) is 11.1 Å². The van der Waals surface area contributed by atoms with Crippen LogP contribution in [0.2, 0.25) is 5.02 Å². The summed E-state index contributed by atoms with van der Waals surface area (Å²) < 4.78 is 26.1. The van der Waals surface area contributed by atoms with Crippen molar-refractivity contribution in [2.45, 2.75) is 6.92 Å². The maximum atomic E-state index is 12.2. The molecule has 2 aromatic rings. The molecule has 0 saturated carbocycles. The highest BCUT2D eigenvalue weighted by atomic mass is 79.9. The highest BCUT2D eigenvalue weighted by Gasteiger charge is 2.22. The molecule has 0 heterocycles. The number of nitrogens with zero attached hydrogens (tertiary/aromatic N) is 2. The zero-order chi connectivity index (χ0) is 19.3. The maximum absolute atomic E-state index is 12.2. The number of hydrogen-bond acceptors (Lipinski definition) is 4. The lowest BCUT2D eigenvalue weighted by molar-refractivity contribution is -0.119. The summed E-state index contributed by atoms with van der Waals surface area (Å²) in [5.41, 5.74) is 4.15. The third-order valence-electron chi connectivity index (χ3n) is 3.43. The van der Waals surface area contributed by atoms with E-state index in [1.165, 1.54) is 12.3 Å². The van der Waals surface area contributed by atoms with Gasteiger partial charge in [-0.3, -0.25) is 9.10 Å². The van der Waals surface area contributed by atoms with E-state index in [-0.39, 0.29) is 0 Å².